The van der Waals surface area contributed by atoms with E-state index in [0.29, 0.717) is 40.0 Å². The monoisotopic (exact) mass is 634 g/mol. The maximum Gasteiger partial charge on any atom is 0.323 e. The minimum absolute atomic E-state index is 0.0443. The van der Waals surface area contributed by atoms with Crippen LogP contribution in [0, 0.1) is 5.82 Å². The van der Waals surface area contributed by atoms with Gasteiger partial charge < -0.3 is 30.6 Å². The largest absolute Gasteiger partial charge is 0.455 e. The predicted octanol–water partition coefficient (Wildman–Crippen LogP) is 6.99. The fourth-order valence-electron chi connectivity index (χ4n) is 6.83. The number of nitrogen functional groups attached to an aromatic ring is 1. The molecule has 1 saturated heterocycles. The Bertz CT molecular complexity index is 1860. The SMILES string of the molecule is CN1CCN(C2CCC(n3cc(-c4ccc(NC(=O)Nc5ccccc5Oc5ccccc5)c(F)c4)c4c(N)ncnc43)CC2)CC1. The van der Waals surface area contributed by atoms with Crippen molar-refractivity contribution < 1.29 is 13.9 Å². The van der Waals surface area contributed by atoms with Gasteiger partial charge in [-0.2, -0.15) is 0 Å². The molecule has 3 heterocycles. The maximum atomic E-state index is 15.6. The summed E-state index contributed by atoms with van der Waals surface area (Å²) in [6.45, 7) is 4.49. The number of amides is 2. The molecule has 3 aromatic carbocycles. The Morgan fingerprint density at radius 1 is 0.872 bits per heavy atom. The zero-order chi connectivity index (χ0) is 32.3. The molecule has 2 fully saturated rings. The van der Waals surface area contributed by atoms with Crippen LogP contribution in [0.4, 0.5) is 26.4 Å². The van der Waals surface area contributed by atoms with E-state index in [0.717, 1.165) is 63.1 Å². The Balaban J connectivity index is 1.07. The van der Waals surface area contributed by atoms with Crippen LogP contribution in [-0.4, -0.2) is 69.6 Å². The molecule has 0 atom stereocenters. The van der Waals surface area contributed by atoms with Crippen LogP contribution in [-0.2, 0) is 0 Å². The van der Waals surface area contributed by atoms with E-state index in [1.165, 1.54) is 12.4 Å². The molecule has 7 rings (SSSR count). The number of carbonyl (C=O) groups is 1. The number of ether oxygens (including phenoxy) is 1. The van der Waals surface area contributed by atoms with Gasteiger partial charge in [-0.1, -0.05) is 36.4 Å². The van der Waals surface area contributed by atoms with Crippen molar-refractivity contribution in [2.24, 2.45) is 0 Å². The zero-order valence-electron chi connectivity index (χ0n) is 26.4. The first-order chi connectivity index (χ1) is 22.9. The number of nitrogens with two attached hydrogens (primary N) is 1. The number of piperazine rings is 1. The Morgan fingerprint density at radius 2 is 1.57 bits per heavy atom. The van der Waals surface area contributed by atoms with E-state index >= 15 is 4.39 Å². The first-order valence-corrected chi connectivity index (χ1v) is 16.2. The summed E-state index contributed by atoms with van der Waals surface area (Å²) in [6.07, 6.45) is 7.86. The number of hydrogen-bond acceptors (Lipinski definition) is 7. The molecule has 10 nitrogen and oxygen atoms in total. The molecule has 5 aromatic rings. The van der Waals surface area contributed by atoms with E-state index in [9.17, 15) is 4.79 Å². The molecule has 2 aromatic heterocycles. The molecule has 47 heavy (non-hydrogen) atoms. The van der Waals surface area contributed by atoms with Gasteiger partial charge in [0.2, 0.25) is 0 Å². The van der Waals surface area contributed by atoms with Gasteiger partial charge in [0.15, 0.2) is 5.75 Å². The summed E-state index contributed by atoms with van der Waals surface area (Å²) in [5, 5.41) is 6.10. The summed E-state index contributed by atoms with van der Waals surface area (Å²) >= 11 is 0. The van der Waals surface area contributed by atoms with Gasteiger partial charge in [0.25, 0.3) is 0 Å². The number of carbonyl (C=O) groups excluding carboxylic acids is 1. The third-order valence-corrected chi connectivity index (χ3v) is 9.39. The highest BCUT2D eigenvalue weighted by Gasteiger charge is 2.30. The molecule has 0 radical (unpaired) electrons. The maximum absolute atomic E-state index is 15.6. The lowest BCUT2D eigenvalue weighted by atomic mass is 9.89. The highest BCUT2D eigenvalue weighted by atomic mass is 19.1. The number of anilines is 3. The number of urea groups is 1. The van der Waals surface area contributed by atoms with Gasteiger partial charge in [-0.25, -0.2) is 19.2 Å². The highest BCUT2D eigenvalue weighted by molar-refractivity contribution is 6.02. The van der Waals surface area contributed by atoms with Gasteiger partial charge in [0.1, 0.15) is 29.4 Å². The Kier molecular flexibility index (Phi) is 8.73. The molecule has 11 heteroatoms. The second kappa shape index (κ2) is 13.4. The van der Waals surface area contributed by atoms with Crippen LogP contribution in [0.5, 0.6) is 11.5 Å². The number of nitrogens with zero attached hydrogens (tertiary/aromatic N) is 5. The van der Waals surface area contributed by atoms with Crippen molar-refractivity contribution in [3.8, 4) is 22.6 Å². The lowest BCUT2D eigenvalue weighted by Crippen LogP contribution is -2.49. The Morgan fingerprint density at radius 3 is 2.34 bits per heavy atom. The normalized spacial score (nSPS) is 19.0. The van der Waals surface area contributed by atoms with Crippen molar-refractivity contribution in [3.05, 3.63) is 91.1 Å². The molecule has 0 bridgehead atoms. The van der Waals surface area contributed by atoms with Crippen molar-refractivity contribution in [3.63, 3.8) is 0 Å². The van der Waals surface area contributed by atoms with E-state index in [2.05, 4.69) is 42.0 Å². The standard InChI is InChI=1S/C36H39FN8O2/c1-43-17-19-44(20-18-43)25-12-14-26(15-13-25)45-22-28(33-34(38)39-23-40-35(33)45)24-11-16-30(29(37)21-24)41-36(46)42-31-9-5-6-10-32(31)47-27-7-3-2-4-8-27/h2-11,16,21-23,25-26H,12-15,17-20H2,1H3,(H2,38,39,40)(H2,41,42,46). The molecule has 1 saturated carbocycles. The van der Waals surface area contributed by atoms with E-state index < -0.39 is 11.8 Å². The lowest BCUT2D eigenvalue weighted by Gasteiger charge is -2.41. The number of rotatable bonds is 7. The van der Waals surface area contributed by atoms with Gasteiger partial charge in [-0.3, -0.25) is 4.90 Å². The van der Waals surface area contributed by atoms with Crippen molar-refractivity contribution in [1.29, 1.82) is 0 Å². The first kappa shape index (κ1) is 30.6. The van der Waals surface area contributed by atoms with Crippen LogP contribution in [0.2, 0.25) is 0 Å². The highest BCUT2D eigenvalue weighted by Crippen LogP contribution is 2.39. The first-order valence-electron chi connectivity index (χ1n) is 16.2. The number of para-hydroxylation sites is 3. The predicted molar refractivity (Wildman–Crippen MR) is 183 cm³/mol. The number of hydrogen-bond donors (Lipinski definition) is 3. The van der Waals surface area contributed by atoms with E-state index in [-0.39, 0.29) is 11.7 Å². The molecule has 0 unspecified atom stereocenters. The molecule has 2 aliphatic rings. The van der Waals surface area contributed by atoms with Crippen LogP contribution in [0.3, 0.4) is 0 Å². The molecule has 1 aliphatic carbocycles. The fourth-order valence-corrected chi connectivity index (χ4v) is 6.83. The Labute approximate surface area is 273 Å². The van der Waals surface area contributed by atoms with Crippen molar-refractivity contribution >= 4 is 34.3 Å². The lowest BCUT2D eigenvalue weighted by molar-refractivity contribution is 0.0828. The van der Waals surface area contributed by atoms with Gasteiger partial charge in [-0.15, -0.1) is 0 Å². The van der Waals surface area contributed by atoms with Crippen molar-refractivity contribution in [2.75, 3.05) is 49.6 Å². The third kappa shape index (κ3) is 6.63. The summed E-state index contributed by atoms with van der Waals surface area (Å²) in [6, 6.07) is 21.4. The quantitative estimate of drug-likeness (QED) is 0.177. The number of benzene rings is 3. The van der Waals surface area contributed by atoms with Gasteiger partial charge in [0.05, 0.1) is 16.8 Å². The van der Waals surface area contributed by atoms with Crippen molar-refractivity contribution in [2.45, 2.75) is 37.8 Å². The van der Waals surface area contributed by atoms with Crippen LogP contribution in [0.25, 0.3) is 22.2 Å². The minimum atomic E-state index is -0.595. The zero-order valence-corrected chi connectivity index (χ0v) is 26.4. The average Bonchev–Trinajstić information content (AvgIpc) is 3.48. The number of likely N-dealkylation sites (N-methyl/N-ethyl adjacent to an activating group) is 1. The number of nitrogens with one attached hydrogen (secondary N) is 2. The Hall–Kier alpha value is -5.00. The van der Waals surface area contributed by atoms with E-state index in [1.54, 1.807) is 30.3 Å². The second-order valence-corrected chi connectivity index (χ2v) is 12.4. The van der Waals surface area contributed by atoms with Gasteiger partial charge in [-0.05, 0) is 74.7 Å². The molecule has 0 spiro atoms. The van der Waals surface area contributed by atoms with Crippen LogP contribution < -0.4 is 21.1 Å². The van der Waals surface area contributed by atoms with Gasteiger partial charge >= 0.3 is 6.03 Å². The van der Waals surface area contributed by atoms with Crippen LogP contribution >= 0.6 is 0 Å². The smallest absolute Gasteiger partial charge is 0.323 e. The fraction of sp³-hybridized carbons (Fsp3) is 0.306. The molecular weight excluding hydrogens is 595 g/mol. The number of aromatic nitrogens is 3. The van der Waals surface area contributed by atoms with Gasteiger partial charge in [0, 0.05) is 50.0 Å². The number of fused-ring (bicyclic) bond motifs is 1. The summed E-state index contributed by atoms with van der Waals surface area (Å²) in [5.74, 6) is 0.881. The summed E-state index contributed by atoms with van der Waals surface area (Å²) < 4.78 is 23.7. The molecule has 2 amide bonds. The van der Waals surface area contributed by atoms with Crippen LogP contribution in [0.1, 0.15) is 31.7 Å². The molecule has 242 valence electrons. The molecule has 1 aliphatic heterocycles. The third-order valence-electron chi connectivity index (χ3n) is 9.39. The van der Waals surface area contributed by atoms with E-state index in [1.807, 2.05) is 42.6 Å². The molecule has 4 N–H and O–H groups in total. The summed E-state index contributed by atoms with van der Waals surface area (Å²) in [5.41, 5.74) is 9.04. The summed E-state index contributed by atoms with van der Waals surface area (Å²) in [4.78, 5) is 26.9. The minimum Gasteiger partial charge on any atom is -0.455 e. The van der Waals surface area contributed by atoms with Crippen molar-refractivity contribution in [1.82, 2.24) is 24.3 Å². The average molecular weight is 635 g/mol. The topological polar surface area (TPSA) is 114 Å². The van der Waals surface area contributed by atoms with E-state index in [4.69, 9.17) is 10.5 Å². The van der Waals surface area contributed by atoms with Crippen LogP contribution in [0.15, 0.2) is 85.3 Å². The number of halogens is 1. The second-order valence-electron chi connectivity index (χ2n) is 12.4. The molecular formula is C36H39FN8O2. The summed E-state index contributed by atoms with van der Waals surface area (Å²) in [7, 11) is 2.19.